The topological polar surface area (TPSA) is 154 Å². The van der Waals surface area contributed by atoms with Crippen molar-refractivity contribution in [1.82, 2.24) is 5.32 Å². The molecule has 4 aromatic carbocycles. The van der Waals surface area contributed by atoms with E-state index in [1.165, 1.54) is 42.0 Å². The first-order valence-corrected chi connectivity index (χ1v) is 26.7. The van der Waals surface area contributed by atoms with E-state index in [9.17, 15) is 25.2 Å². The minimum Gasteiger partial charge on any atom is -0.490 e. The number of carbonyl (C=O) groups excluding carboxylic acids is 1. The second kappa shape index (κ2) is 20.9. The number of aliphatic hydroxyl groups excluding tert-OH is 4. The summed E-state index contributed by atoms with van der Waals surface area (Å²) in [5.74, 6) is 3.54. The molecule has 12 rings (SSSR count). The summed E-state index contributed by atoms with van der Waals surface area (Å²) in [6, 6.07) is 25.1. The number of rotatable bonds is 10. The molecule has 0 amide bonds. The Bertz CT molecular complexity index is 2330. The van der Waals surface area contributed by atoms with Gasteiger partial charge in [-0.05, 0) is 202 Å². The predicted octanol–water partition coefficient (Wildman–Crippen LogP) is 11.6. The van der Waals surface area contributed by atoms with Crippen molar-refractivity contribution in [1.29, 1.82) is 0 Å². The first-order chi connectivity index (χ1) is 32.8. The van der Waals surface area contributed by atoms with Gasteiger partial charge in [0.2, 0.25) is 0 Å². The number of nitrogens with one attached hydrogen (secondary N) is 1. The standard InChI is InChI=1S/C30H43NO3.C21H26O2.C9H17NO2/c1-28(2,3)24-7-10-25(11-8-24)34-26-9-6-22-16-21(4-5-23(22)17-26)19-31-30-14-12-29(20-32,13-15-30)27(33)18-30;1-21(2,3)18-7-10-19(11-8-18)23-20-9-6-16-12-15(14-22)4-5-17(16)13-20;10-9-3-1-8(6-11,2-4-9)7(12)5-9/h4-6,9,16-17,24-25,27,31-33H,7-8,10-15,18-20H2,1-3H3;4-6,9,12-14,18-19H,7-8,10-11H2,1-3H3;7,11-12H,1-6,10H2. The smallest absolute Gasteiger partial charge is 0.150 e. The summed E-state index contributed by atoms with van der Waals surface area (Å²) >= 11 is 0. The molecule has 0 heterocycles. The monoisotopic (exact) mass is 947 g/mol. The number of benzene rings is 4. The summed E-state index contributed by atoms with van der Waals surface area (Å²) in [6.07, 6.45) is 19.4. The Morgan fingerprint density at radius 2 is 1.01 bits per heavy atom. The van der Waals surface area contributed by atoms with E-state index in [4.69, 9.17) is 15.2 Å². The molecule has 4 bridgehead atoms. The van der Waals surface area contributed by atoms with Gasteiger partial charge in [0.05, 0.1) is 37.6 Å². The number of carbonyl (C=O) groups is 1. The van der Waals surface area contributed by atoms with Gasteiger partial charge in [-0.25, -0.2) is 0 Å². The molecule has 69 heavy (non-hydrogen) atoms. The molecule has 0 radical (unpaired) electrons. The summed E-state index contributed by atoms with van der Waals surface area (Å²) < 4.78 is 12.6. The maximum absolute atomic E-state index is 10.9. The second-order valence-corrected chi connectivity index (χ2v) is 25.1. The fourth-order valence-corrected chi connectivity index (χ4v) is 13.1. The number of aliphatic hydroxyl groups is 4. The lowest BCUT2D eigenvalue weighted by Gasteiger charge is -2.56. The van der Waals surface area contributed by atoms with Gasteiger partial charge in [0.1, 0.15) is 17.8 Å². The molecule has 7 N–H and O–H groups in total. The van der Waals surface area contributed by atoms with Crippen LogP contribution < -0.4 is 20.5 Å². The minimum atomic E-state index is -0.397. The van der Waals surface area contributed by atoms with Crippen LogP contribution >= 0.6 is 0 Å². The van der Waals surface area contributed by atoms with Crippen molar-refractivity contribution in [2.24, 2.45) is 39.2 Å². The minimum absolute atomic E-state index is 0.00891. The van der Waals surface area contributed by atoms with E-state index in [-0.39, 0.29) is 41.2 Å². The molecule has 2 unspecified atom stereocenters. The number of hydrogen-bond donors (Lipinski definition) is 6. The second-order valence-electron chi connectivity index (χ2n) is 25.1. The normalized spacial score (nSPS) is 33.2. The first-order valence-electron chi connectivity index (χ1n) is 26.7. The van der Waals surface area contributed by atoms with Gasteiger partial charge >= 0.3 is 0 Å². The van der Waals surface area contributed by atoms with Crippen LogP contribution in [0.2, 0.25) is 0 Å². The Hall–Kier alpha value is -3.57. The molecule has 8 aliphatic carbocycles. The number of nitrogens with two attached hydrogens (primary N) is 1. The van der Waals surface area contributed by atoms with Crippen LogP contribution in [0, 0.1) is 33.5 Å². The summed E-state index contributed by atoms with van der Waals surface area (Å²) in [7, 11) is 0. The number of ether oxygens (including phenoxy) is 2. The van der Waals surface area contributed by atoms with Crippen LogP contribution in [0.4, 0.5) is 0 Å². The molecule has 378 valence electrons. The van der Waals surface area contributed by atoms with Gasteiger partial charge in [-0.2, -0.15) is 0 Å². The largest absolute Gasteiger partial charge is 0.490 e. The van der Waals surface area contributed by atoms with E-state index in [2.05, 4.69) is 89.3 Å². The van der Waals surface area contributed by atoms with Gasteiger partial charge in [-0.3, -0.25) is 4.79 Å². The Balaban J connectivity index is 0.000000157. The highest BCUT2D eigenvalue weighted by Crippen LogP contribution is 2.53. The van der Waals surface area contributed by atoms with E-state index in [1.54, 1.807) is 0 Å². The summed E-state index contributed by atoms with van der Waals surface area (Å²) in [6.45, 7) is 15.1. The summed E-state index contributed by atoms with van der Waals surface area (Å²) in [4.78, 5) is 10.9. The molecule has 0 saturated heterocycles. The van der Waals surface area contributed by atoms with E-state index in [1.807, 2.05) is 30.3 Å². The van der Waals surface area contributed by atoms with E-state index in [0.29, 0.717) is 35.0 Å². The molecule has 2 atom stereocenters. The molecule has 9 nitrogen and oxygen atoms in total. The SMILES string of the molecule is CC(C)(C)C1CCC(Oc2ccc3cc(C=O)ccc3c2)CC1.CC(C)(C)C1CCC(Oc2ccc3cc(CNC45CCC(CO)(CC4)C(O)C5)ccc3c2)CC1.NC12CCC(CO)(CC1)C(O)C2. The van der Waals surface area contributed by atoms with Crippen LogP contribution in [0.25, 0.3) is 21.5 Å². The highest BCUT2D eigenvalue weighted by atomic mass is 16.5. The third kappa shape index (κ3) is 12.0. The third-order valence-corrected chi connectivity index (χ3v) is 18.6. The number of aldehydes is 1. The van der Waals surface area contributed by atoms with Crippen LogP contribution in [-0.4, -0.2) is 75.4 Å². The summed E-state index contributed by atoms with van der Waals surface area (Å²) in [5.41, 5.74) is 8.28. The van der Waals surface area contributed by atoms with Crippen molar-refractivity contribution in [3.05, 3.63) is 83.9 Å². The van der Waals surface area contributed by atoms with Crippen LogP contribution in [0.1, 0.15) is 173 Å². The average Bonchev–Trinajstić information content (AvgIpc) is 3.34. The third-order valence-electron chi connectivity index (χ3n) is 18.6. The highest BCUT2D eigenvalue weighted by molar-refractivity contribution is 5.89. The van der Waals surface area contributed by atoms with Gasteiger partial charge in [-0.15, -0.1) is 0 Å². The predicted molar refractivity (Wildman–Crippen MR) is 279 cm³/mol. The maximum atomic E-state index is 10.9. The van der Waals surface area contributed by atoms with Crippen molar-refractivity contribution in [3.8, 4) is 11.5 Å². The van der Waals surface area contributed by atoms with Crippen LogP contribution in [-0.2, 0) is 6.54 Å². The van der Waals surface area contributed by atoms with Gasteiger partial charge in [0.25, 0.3) is 0 Å². The first kappa shape index (κ1) is 51.8. The van der Waals surface area contributed by atoms with Crippen LogP contribution in [0.15, 0.2) is 72.8 Å². The van der Waals surface area contributed by atoms with Gasteiger partial charge in [0.15, 0.2) is 0 Å². The van der Waals surface area contributed by atoms with Crippen molar-refractivity contribution >= 4 is 27.8 Å². The fraction of sp³-hybridized carbons (Fsp3) is 0.650. The lowest BCUT2D eigenvalue weighted by Crippen LogP contribution is -2.61. The molecule has 9 heteroatoms. The van der Waals surface area contributed by atoms with Crippen molar-refractivity contribution in [3.63, 3.8) is 0 Å². The molecule has 0 aliphatic heterocycles. The molecule has 8 aliphatic rings. The molecule has 4 aromatic rings. The number of hydrogen-bond acceptors (Lipinski definition) is 9. The van der Waals surface area contributed by atoms with Gasteiger partial charge < -0.3 is 41.0 Å². The van der Waals surface area contributed by atoms with Gasteiger partial charge in [-0.1, -0.05) is 77.9 Å². The Morgan fingerprint density at radius 1 is 0.580 bits per heavy atom. The molecule has 8 saturated carbocycles. The van der Waals surface area contributed by atoms with E-state index < -0.39 is 6.10 Å². The molecule has 8 fully saturated rings. The molecule has 0 aromatic heterocycles. The Labute approximate surface area is 413 Å². The Kier molecular flexibility index (Phi) is 15.7. The molecular weight excluding hydrogens is 861 g/mol. The molecule has 0 spiro atoms. The zero-order valence-electron chi connectivity index (χ0n) is 42.9. The zero-order chi connectivity index (χ0) is 49.2. The lowest BCUT2D eigenvalue weighted by atomic mass is 9.56. The van der Waals surface area contributed by atoms with E-state index >= 15 is 0 Å². The van der Waals surface area contributed by atoms with E-state index in [0.717, 1.165) is 130 Å². The lowest BCUT2D eigenvalue weighted by molar-refractivity contribution is -0.118. The van der Waals surface area contributed by atoms with Crippen molar-refractivity contribution in [2.75, 3.05) is 13.2 Å². The maximum Gasteiger partial charge on any atom is 0.150 e. The molecular formula is C60H86N2O7. The van der Waals surface area contributed by atoms with Crippen LogP contribution in [0.3, 0.4) is 0 Å². The van der Waals surface area contributed by atoms with Gasteiger partial charge in [0, 0.05) is 34.0 Å². The quantitative estimate of drug-likeness (QED) is 0.0853. The van der Waals surface area contributed by atoms with Crippen molar-refractivity contribution in [2.45, 2.75) is 199 Å². The number of fused-ring (bicyclic) bond motifs is 8. The average molecular weight is 947 g/mol. The zero-order valence-corrected chi connectivity index (χ0v) is 42.9. The van der Waals surface area contributed by atoms with Crippen LogP contribution in [0.5, 0.6) is 11.5 Å². The van der Waals surface area contributed by atoms with Crippen molar-refractivity contribution < 1.29 is 34.7 Å². The highest BCUT2D eigenvalue weighted by Gasteiger charge is 2.54. The summed E-state index contributed by atoms with van der Waals surface area (Å²) in [5, 5.41) is 47.9. The Morgan fingerprint density at radius 3 is 1.46 bits per heavy atom. The fourth-order valence-electron chi connectivity index (χ4n) is 13.1.